The zero-order valence-electron chi connectivity index (χ0n) is 6.81. The van der Waals surface area contributed by atoms with E-state index in [1.807, 2.05) is 0 Å². The molecular formula is C7H14O2Si. The molecule has 0 N–H and O–H groups in total. The Morgan fingerprint density at radius 2 is 2.20 bits per heavy atom. The molecule has 0 aliphatic carbocycles. The minimum atomic E-state index is 0.314. The topological polar surface area (TPSA) is 21.8 Å². The molecule has 10 heavy (non-hydrogen) atoms. The third-order valence-corrected chi connectivity index (χ3v) is 1.97. The average Bonchev–Trinajstić information content (AvgIpc) is 2.45. The molecule has 1 saturated heterocycles. The number of hydrogen-bond acceptors (Lipinski definition) is 2. The summed E-state index contributed by atoms with van der Waals surface area (Å²) in [5.41, 5.74) is 0. The van der Waals surface area contributed by atoms with Crippen molar-refractivity contribution in [1.29, 1.82) is 0 Å². The van der Waals surface area contributed by atoms with Crippen LogP contribution in [0.1, 0.15) is 20.8 Å². The summed E-state index contributed by atoms with van der Waals surface area (Å²) in [6.45, 7) is 8.22. The number of epoxide rings is 1. The second kappa shape index (κ2) is 3.03. The fourth-order valence-corrected chi connectivity index (χ4v) is 1.22. The van der Waals surface area contributed by atoms with Gasteiger partial charge in [0.2, 0.25) is 9.76 Å². The van der Waals surface area contributed by atoms with Crippen LogP contribution in [-0.4, -0.2) is 29.1 Å². The van der Waals surface area contributed by atoms with Gasteiger partial charge in [-0.3, -0.25) is 0 Å². The van der Waals surface area contributed by atoms with Gasteiger partial charge in [0.05, 0.1) is 13.2 Å². The Kier molecular flexibility index (Phi) is 2.49. The standard InChI is InChI=1S/C7H14O2Si/c1-7(2,3)10-9-5-6-4-8-6/h6H,4-5H2,1-3H3/t6-/m1/s1. The molecule has 0 amide bonds. The minimum Gasteiger partial charge on any atom is -0.414 e. The lowest BCUT2D eigenvalue weighted by molar-refractivity contribution is 0.265. The molecule has 1 atom stereocenters. The first kappa shape index (κ1) is 8.24. The lowest BCUT2D eigenvalue weighted by Gasteiger charge is -2.14. The van der Waals surface area contributed by atoms with E-state index in [2.05, 4.69) is 20.8 Å². The highest BCUT2D eigenvalue weighted by molar-refractivity contribution is 6.31. The minimum absolute atomic E-state index is 0.314. The van der Waals surface area contributed by atoms with Crippen LogP contribution in [0.2, 0.25) is 5.04 Å². The Hall–Kier alpha value is 0.137. The van der Waals surface area contributed by atoms with Gasteiger partial charge in [-0.25, -0.2) is 0 Å². The summed E-state index contributed by atoms with van der Waals surface area (Å²) in [4.78, 5) is 0. The van der Waals surface area contributed by atoms with Crippen LogP contribution >= 0.6 is 0 Å². The Balaban J connectivity index is 1.93. The van der Waals surface area contributed by atoms with Crippen LogP contribution in [0.15, 0.2) is 0 Å². The molecule has 0 aromatic carbocycles. The Morgan fingerprint density at radius 3 is 2.60 bits per heavy atom. The van der Waals surface area contributed by atoms with Crippen molar-refractivity contribution in [2.24, 2.45) is 0 Å². The van der Waals surface area contributed by atoms with Crippen LogP contribution in [0.4, 0.5) is 0 Å². The van der Waals surface area contributed by atoms with Crippen molar-refractivity contribution in [1.82, 2.24) is 0 Å². The largest absolute Gasteiger partial charge is 0.414 e. The highest BCUT2D eigenvalue weighted by atomic mass is 28.2. The summed E-state index contributed by atoms with van der Waals surface area (Å²) in [5, 5.41) is 0.314. The molecule has 1 heterocycles. The van der Waals surface area contributed by atoms with Gasteiger partial charge < -0.3 is 9.16 Å². The van der Waals surface area contributed by atoms with Gasteiger partial charge in [0.15, 0.2) is 0 Å². The second-order valence-corrected chi connectivity index (χ2v) is 5.61. The van der Waals surface area contributed by atoms with Crippen LogP contribution in [0.3, 0.4) is 0 Å². The fourth-order valence-electron chi connectivity index (χ4n) is 0.515. The van der Waals surface area contributed by atoms with Gasteiger partial charge in [-0.2, -0.15) is 0 Å². The summed E-state index contributed by atoms with van der Waals surface area (Å²) < 4.78 is 10.4. The van der Waals surface area contributed by atoms with Crippen LogP contribution in [0.5, 0.6) is 0 Å². The molecule has 0 spiro atoms. The third kappa shape index (κ3) is 4.03. The molecule has 0 aromatic heterocycles. The zero-order valence-corrected chi connectivity index (χ0v) is 7.81. The number of rotatable bonds is 3. The summed E-state index contributed by atoms with van der Waals surface area (Å²) in [7, 11) is 0.594. The van der Waals surface area contributed by atoms with E-state index in [0.717, 1.165) is 13.2 Å². The Morgan fingerprint density at radius 1 is 1.60 bits per heavy atom. The van der Waals surface area contributed by atoms with E-state index in [1.54, 1.807) is 0 Å². The van der Waals surface area contributed by atoms with Gasteiger partial charge in [-0.05, 0) is 5.04 Å². The Labute approximate surface area is 64.8 Å². The van der Waals surface area contributed by atoms with E-state index in [-0.39, 0.29) is 0 Å². The van der Waals surface area contributed by atoms with E-state index in [0.29, 0.717) is 20.9 Å². The predicted molar refractivity (Wildman–Crippen MR) is 41.2 cm³/mol. The molecule has 1 aliphatic rings. The number of ether oxygens (including phenoxy) is 1. The monoisotopic (exact) mass is 158 g/mol. The normalized spacial score (nSPS) is 24.9. The summed E-state index contributed by atoms with van der Waals surface area (Å²) in [5.74, 6) is 0. The van der Waals surface area contributed by atoms with Gasteiger partial charge >= 0.3 is 0 Å². The van der Waals surface area contributed by atoms with Gasteiger partial charge in [0.25, 0.3) is 0 Å². The van der Waals surface area contributed by atoms with E-state index in [4.69, 9.17) is 9.16 Å². The molecule has 0 aromatic rings. The first-order chi connectivity index (χ1) is 4.58. The maximum absolute atomic E-state index is 5.42. The van der Waals surface area contributed by atoms with Crippen molar-refractivity contribution in [3.05, 3.63) is 0 Å². The molecule has 0 unspecified atom stereocenters. The lowest BCUT2D eigenvalue weighted by atomic mass is 10.3. The highest BCUT2D eigenvalue weighted by Crippen LogP contribution is 2.20. The molecule has 3 heteroatoms. The predicted octanol–water partition coefficient (Wildman–Crippen LogP) is 1.24. The van der Waals surface area contributed by atoms with Gasteiger partial charge in [0, 0.05) is 0 Å². The van der Waals surface area contributed by atoms with Gasteiger partial charge in [0.1, 0.15) is 6.10 Å². The molecule has 1 aliphatic heterocycles. The molecule has 2 radical (unpaired) electrons. The summed E-state index contributed by atoms with van der Waals surface area (Å²) >= 11 is 0. The van der Waals surface area contributed by atoms with Crippen molar-refractivity contribution in [2.75, 3.05) is 13.2 Å². The van der Waals surface area contributed by atoms with Crippen LogP contribution < -0.4 is 0 Å². The van der Waals surface area contributed by atoms with Crippen LogP contribution in [-0.2, 0) is 9.16 Å². The Bertz CT molecular complexity index is 105. The van der Waals surface area contributed by atoms with Gasteiger partial charge in [-0.15, -0.1) is 0 Å². The summed E-state index contributed by atoms with van der Waals surface area (Å²) in [6, 6.07) is 0. The molecule has 58 valence electrons. The molecule has 0 saturated carbocycles. The molecule has 2 nitrogen and oxygen atoms in total. The average molecular weight is 158 g/mol. The SMILES string of the molecule is CC(C)(C)[Si]OC[C@H]1CO1. The fraction of sp³-hybridized carbons (Fsp3) is 1.00. The van der Waals surface area contributed by atoms with Crippen molar-refractivity contribution in [2.45, 2.75) is 31.9 Å². The van der Waals surface area contributed by atoms with E-state index >= 15 is 0 Å². The van der Waals surface area contributed by atoms with Gasteiger partial charge in [-0.1, -0.05) is 20.8 Å². The number of hydrogen-bond donors (Lipinski definition) is 0. The smallest absolute Gasteiger partial charge is 0.235 e. The van der Waals surface area contributed by atoms with E-state index in [1.165, 1.54) is 0 Å². The molecule has 1 fully saturated rings. The first-order valence-electron chi connectivity index (χ1n) is 3.58. The van der Waals surface area contributed by atoms with Crippen molar-refractivity contribution in [3.63, 3.8) is 0 Å². The van der Waals surface area contributed by atoms with Crippen molar-refractivity contribution >= 4 is 9.76 Å². The zero-order chi connectivity index (χ0) is 7.61. The van der Waals surface area contributed by atoms with E-state index < -0.39 is 0 Å². The van der Waals surface area contributed by atoms with Crippen molar-refractivity contribution in [3.8, 4) is 0 Å². The van der Waals surface area contributed by atoms with Crippen LogP contribution in [0.25, 0.3) is 0 Å². The first-order valence-corrected chi connectivity index (χ1v) is 4.49. The highest BCUT2D eigenvalue weighted by Gasteiger charge is 2.23. The quantitative estimate of drug-likeness (QED) is 0.455. The molecule has 0 bridgehead atoms. The van der Waals surface area contributed by atoms with Crippen molar-refractivity contribution < 1.29 is 9.16 Å². The van der Waals surface area contributed by atoms with E-state index in [9.17, 15) is 0 Å². The summed E-state index contributed by atoms with van der Waals surface area (Å²) in [6.07, 6.45) is 0.412. The maximum Gasteiger partial charge on any atom is 0.235 e. The lowest BCUT2D eigenvalue weighted by Crippen LogP contribution is -2.15. The van der Waals surface area contributed by atoms with Crippen LogP contribution in [0, 0.1) is 0 Å². The molecule has 1 rings (SSSR count). The maximum atomic E-state index is 5.42. The molecular weight excluding hydrogens is 144 g/mol. The second-order valence-electron chi connectivity index (χ2n) is 3.62. The third-order valence-electron chi connectivity index (χ3n) is 1.05.